The summed E-state index contributed by atoms with van der Waals surface area (Å²) in [6, 6.07) is 16.8. The molecular weight excluding hydrogens is 336 g/mol. The van der Waals surface area contributed by atoms with Gasteiger partial charge in [0, 0.05) is 6.61 Å². The molecule has 2 unspecified atom stereocenters. The minimum atomic E-state index is 0.104. The summed E-state index contributed by atoms with van der Waals surface area (Å²) >= 11 is 0. The molecule has 3 aromatic rings. The zero-order chi connectivity index (χ0) is 18.6. The van der Waals surface area contributed by atoms with Crippen molar-refractivity contribution < 1.29 is 9.47 Å². The van der Waals surface area contributed by atoms with Crippen molar-refractivity contribution in [1.29, 1.82) is 0 Å². The minimum Gasteiger partial charge on any atom is -0.492 e. The van der Waals surface area contributed by atoms with E-state index in [1.165, 1.54) is 5.56 Å². The largest absolute Gasteiger partial charge is 0.492 e. The van der Waals surface area contributed by atoms with E-state index in [1.54, 1.807) is 0 Å². The van der Waals surface area contributed by atoms with Crippen LogP contribution in [0.2, 0.25) is 0 Å². The quantitative estimate of drug-likeness (QED) is 0.557. The zero-order valence-corrected chi connectivity index (χ0v) is 16.2. The predicted octanol–water partition coefficient (Wildman–Crippen LogP) is 5.48. The van der Waals surface area contributed by atoms with E-state index >= 15 is 0 Å². The third-order valence-corrected chi connectivity index (χ3v) is 5.55. The maximum atomic E-state index is 6.02. The fourth-order valence-corrected chi connectivity index (χ4v) is 3.74. The summed E-state index contributed by atoms with van der Waals surface area (Å²) in [6.07, 6.45) is 3.40. The SMILES string of the molecule is CCC(C)c1ccc(OCCn2c(C3CCCO3)nc3ccccc32)cc1. The molecule has 2 aromatic carbocycles. The molecule has 1 aromatic heterocycles. The Morgan fingerprint density at radius 1 is 1.19 bits per heavy atom. The fraction of sp³-hybridized carbons (Fsp3) is 0.435. The maximum Gasteiger partial charge on any atom is 0.139 e. The summed E-state index contributed by atoms with van der Waals surface area (Å²) in [5.41, 5.74) is 3.55. The highest BCUT2D eigenvalue weighted by molar-refractivity contribution is 5.76. The summed E-state index contributed by atoms with van der Waals surface area (Å²) in [5, 5.41) is 0. The predicted molar refractivity (Wildman–Crippen MR) is 108 cm³/mol. The molecule has 1 saturated heterocycles. The van der Waals surface area contributed by atoms with Gasteiger partial charge in [-0.15, -0.1) is 0 Å². The van der Waals surface area contributed by atoms with Crippen molar-refractivity contribution in [2.75, 3.05) is 13.2 Å². The number of nitrogens with zero attached hydrogens (tertiary/aromatic N) is 2. The third-order valence-electron chi connectivity index (χ3n) is 5.55. The molecule has 0 radical (unpaired) electrons. The zero-order valence-electron chi connectivity index (χ0n) is 16.2. The number of fused-ring (bicyclic) bond motifs is 1. The van der Waals surface area contributed by atoms with Gasteiger partial charge in [-0.2, -0.15) is 0 Å². The van der Waals surface area contributed by atoms with Crippen molar-refractivity contribution in [2.24, 2.45) is 0 Å². The lowest BCUT2D eigenvalue weighted by molar-refractivity contribution is 0.101. The molecule has 0 aliphatic carbocycles. The van der Waals surface area contributed by atoms with Crippen LogP contribution in [0.1, 0.15) is 56.5 Å². The average molecular weight is 364 g/mol. The van der Waals surface area contributed by atoms with Gasteiger partial charge in [-0.25, -0.2) is 4.98 Å². The van der Waals surface area contributed by atoms with Gasteiger partial charge in [0.15, 0.2) is 0 Å². The van der Waals surface area contributed by atoms with Crippen molar-refractivity contribution in [3.63, 3.8) is 0 Å². The standard InChI is InChI=1S/C23H28N2O2/c1-3-17(2)18-10-12-19(13-11-18)26-16-14-25-21-8-5-4-7-20(21)24-23(25)22-9-6-15-27-22/h4-5,7-8,10-13,17,22H,3,6,9,14-16H2,1-2H3. The molecule has 4 nitrogen and oxygen atoms in total. The number of imidazole rings is 1. The molecule has 4 heteroatoms. The molecule has 2 heterocycles. The molecule has 0 bridgehead atoms. The molecule has 0 saturated carbocycles. The van der Waals surface area contributed by atoms with Crippen LogP contribution in [-0.2, 0) is 11.3 Å². The number of hydrogen-bond donors (Lipinski definition) is 0. The van der Waals surface area contributed by atoms with Gasteiger partial charge in [-0.1, -0.05) is 38.1 Å². The smallest absolute Gasteiger partial charge is 0.139 e. The Hall–Kier alpha value is -2.33. The lowest BCUT2D eigenvalue weighted by Gasteiger charge is -2.15. The van der Waals surface area contributed by atoms with Crippen LogP contribution in [-0.4, -0.2) is 22.8 Å². The lowest BCUT2D eigenvalue weighted by atomic mass is 9.99. The van der Waals surface area contributed by atoms with E-state index in [2.05, 4.69) is 60.9 Å². The Morgan fingerprint density at radius 2 is 2.00 bits per heavy atom. The highest BCUT2D eigenvalue weighted by atomic mass is 16.5. The maximum absolute atomic E-state index is 6.02. The lowest BCUT2D eigenvalue weighted by Crippen LogP contribution is -2.13. The number of benzene rings is 2. The molecule has 2 atom stereocenters. The van der Waals surface area contributed by atoms with E-state index in [9.17, 15) is 0 Å². The van der Waals surface area contributed by atoms with E-state index in [-0.39, 0.29) is 6.10 Å². The molecule has 27 heavy (non-hydrogen) atoms. The van der Waals surface area contributed by atoms with Crippen LogP contribution in [0.15, 0.2) is 48.5 Å². The van der Waals surface area contributed by atoms with E-state index in [0.717, 1.165) is 55.0 Å². The normalized spacial score (nSPS) is 18.1. The van der Waals surface area contributed by atoms with E-state index in [0.29, 0.717) is 12.5 Å². The summed E-state index contributed by atoms with van der Waals surface area (Å²) in [6.45, 7) is 6.68. The molecule has 0 N–H and O–H groups in total. The first-order valence-electron chi connectivity index (χ1n) is 10.1. The number of ether oxygens (including phenoxy) is 2. The summed E-state index contributed by atoms with van der Waals surface area (Å²) in [5.74, 6) is 2.54. The molecule has 0 amide bonds. The molecule has 0 spiro atoms. The van der Waals surface area contributed by atoms with Crippen LogP contribution in [0, 0.1) is 0 Å². The van der Waals surface area contributed by atoms with Crippen molar-refractivity contribution in [1.82, 2.24) is 9.55 Å². The average Bonchev–Trinajstić information content (AvgIpc) is 3.36. The van der Waals surface area contributed by atoms with Crippen molar-refractivity contribution in [3.05, 3.63) is 59.9 Å². The minimum absolute atomic E-state index is 0.104. The molecule has 1 fully saturated rings. The number of hydrogen-bond acceptors (Lipinski definition) is 3. The third kappa shape index (κ3) is 3.86. The van der Waals surface area contributed by atoms with Gasteiger partial charge in [0.25, 0.3) is 0 Å². The Morgan fingerprint density at radius 3 is 2.74 bits per heavy atom. The highest BCUT2D eigenvalue weighted by Gasteiger charge is 2.24. The van der Waals surface area contributed by atoms with Crippen LogP contribution < -0.4 is 4.74 Å². The molecule has 142 valence electrons. The second-order valence-corrected chi connectivity index (χ2v) is 7.34. The van der Waals surface area contributed by atoms with Crippen molar-refractivity contribution in [2.45, 2.75) is 51.7 Å². The van der Waals surface area contributed by atoms with E-state index < -0.39 is 0 Å². The molecule has 1 aliphatic heterocycles. The monoisotopic (exact) mass is 364 g/mol. The molecule has 1 aliphatic rings. The first-order valence-corrected chi connectivity index (χ1v) is 10.1. The van der Waals surface area contributed by atoms with Crippen LogP contribution in [0.25, 0.3) is 11.0 Å². The van der Waals surface area contributed by atoms with Crippen LogP contribution in [0.4, 0.5) is 0 Å². The Bertz CT molecular complexity index is 879. The first kappa shape index (κ1) is 18.1. The number of aromatic nitrogens is 2. The van der Waals surface area contributed by atoms with Crippen LogP contribution in [0.3, 0.4) is 0 Å². The Labute approximate surface area is 161 Å². The highest BCUT2D eigenvalue weighted by Crippen LogP contribution is 2.30. The summed E-state index contributed by atoms with van der Waals surface area (Å²) in [7, 11) is 0. The van der Waals surface area contributed by atoms with Gasteiger partial charge in [0.2, 0.25) is 0 Å². The number of para-hydroxylation sites is 2. The van der Waals surface area contributed by atoms with Gasteiger partial charge in [0.1, 0.15) is 24.3 Å². The molecule has 4 rings (SSSR count). The van der Waals surface area contributed by atoms with Crippen molar-refractivity contribution in [3.8, 4) is 5.75 Å². The second kappa shape index (κ2) is 8.13. The fourth-order valence-electron chi connectivity index (χ4n) is 3.74. The van der Waals surface area contributed by atoms with Gasteiger partial charge >= 0.3 is 0 Å². The van der Waals surface area contributed by atoms with Crippen molar-refractivity contribution >= 4 is 11.0 Å². The van der Waals surface area contributed by atoms with Crippen LogP contribution >= 0.6 is 0 Å². The summed E-state index contributed by atoms with van der Waals surface area (Å²) < 4.78 is 14.2. The Kier molecular flexibility index (Phi) is 5.44. The van der Waals surface area contributed by atoms with Crippen LogP contribution in [0.5, 0.6) is 5.75 Å². The van der Waals surface area contributed by atoms with Gasteiger partial charge < -0.3 is 14.0 Å². The number of rotatable bonds is 7. The topological polar surface area (TPSA) is 36.3 Å². The first-order chi connectivity index (χ1) is 13.3. The molecular formula is C23H28N2O2. The van der Waals surface area contributed by atoms with E-state index in [1.807, 2.05) is 6.07 Å². The van der Waals surface area contributed by atoms with Gasteiger partial charge in [-0.3, -0.25) is 0 Å². The van der Waals surface area contributed by atoms with E-state index in [4.69, 9.17) is 14.5 Å². The van der Waals surface area contributed by atoms with Gasteiger partial charge in [0.05, 0.1) is 17.6 Å². The summed E-state index contributed by atoms with van der Waals surface area (Å²) in [4.78, 5) is 4.84. The second-order valence-electron chi connectivity index (χ2n) is 7.34. The van der Waals surface area contributed by atoms with Gasteiger partial charge in [-0.05, 0) is 55.0 Å². The Balaban J connectivity index is 1.47.